The number of anilines is 1. The van der Waals surface area contributed by atoms with Crippen LogP contribution in [0.1, 0.15) is 31.4 Å². The molecule has 1 N–H and O–H groups in total. The number of hydrogen-bond acceptors (Lipinski definition) is 5. The molecular formula is C25H25N3OS2. The molecule has 0 fully saturated rings. The summed E-state index contributed by atoms with van der Waals surface area (Å²) in [5.74, 6) is -0.00561. The van der Waals surface area contributed by atoms with Crippen molar-refractivity contribution in [2.24, 2.45) is 0 Å². The molecule has 1 amide bonds. The molecule has 158 valence electrons. The van der Waals surface area contributed by atoms with Crippen LogP contribution in [0.4, 0.5) is 5.69 Å². The Balaban J connectivity index is 1.63. The van der Waals surface area contributed by atoms with Crippen molar-refractivity contribution in [1.82, 2.24) is 9.97 Å². The molecule has 4 aromatic rings. The smallest absolute Gasteiger partial charge is 0.237 e. The normalized spacial score (nSPS) is 12.1. The first-order valence-electron chi connectivity index (χ1n) is 10.4. The zero-order chi connectivity index (χ0) is 21.8. The summed E-state index contributed by atoms with van der Waals surface area (Å²) in [7, 11) is 0. The number of carbonyl (C=O) groups is 1. The third-order valence-electron chi connectivity index (χ3n) is 5.21. The molecule has 0 aliphatic carbocycles. The maximum absolute atomic E-state index is 13.0. The van der Waals surface area contributed by atoms with E-state index >= 15 is 0 Å². The SMILES string of the molecule is CCc1ccc(-c2csc3ncnc(SC(CC)C(=O)Nc4cccc(C)c4)c23)cc1. The average Bonchev–Trinajstić information content (AvgIpc) is 3.22. The van der Waals surface area contributed by atoms with Gasteiger partial charge in [0.1, 0.15) is 16.2 Å². The second-order valence-corrected chi connectivity index (χ2v) is 9.48. The van der Waals surface area contributed by atoms with Crippen molar-refractivity contribution in [3.8, 4) is 11.1 Å². The zero-order valence-corrected chi connectivity index (χ0v) is 19.5. The molecule has 4 rings (SSSR count). The lowest BCUT2D eigenvalue weighted by Crippen LogP contribution is -2.24. The van der Waals surface area contributed by atoms with Gasteiger partial charge in [-0.25, -0.2) is 9.97 Å². The number of nitrogens with one attached hydrogen (secondary N) is 1. The summed E-state index contributed by atoms with van der Waals surface area (Å²) in [6.07, 6.45) is 3.32. The first-order valence-corrected chi connectivity index (χ1v) is 12.2. The van der Waals surface area contributed by atoms with Gasteiger partial charge in [-0.15, -0.1) is 11.3 Å². The number of aromatic nitrogens is 2. The summed E-state index contributed by atoms with van der Waals surface area (Å²) in [6, 6.07) is 16.5. The lowest BCUT2D eigenvalue weighted by Gasteiger charge is -2.15. The van der Waals surface area contributed by atoms with Crippen LogP contribution in [-0.2, 0) is 11.2 Å². The maximum atomic E-state index is 13.0. The molecule has 0 aliphatic heterocycles. The Morgan fingerprint density at radius 3 is 2.65 bits per heavy atom. The molecule has 0 saturated heterocycles. The van der Waals surface area contributed by atoms with E-state index in [0.717, 1.165) is 44.0 Å². The Morgan fingerprint density at radius 1 is 1.13 bits per heavy atom. The predicted molar refractivity (Wildman–Crippen MR) is 132 cm³/mol. The molecule has 2 aromatic carbocycles. The van der Waals surface area contributed by atoms with Crippen LogP contribution in [0.2, 0.25) is 0 Å². The number of thiophene rings is 1. The number of fused-ring (bicyclic) bond motifs is 1. The van der Waals surface area contributed by atoms with E-state index in [9.17, 15) is 4.79 Å². The molecular weight excluding hydrogens is 422 g/mol. The summed E-state index contributed by atoms with van der Waals surface area (Å²) in [5.41, 5.74) is 5.53. The number of hydrogen-bond donors (Lipinski definition) is 1. The summed E-state index contributed by atoms with van der Waals surface area (Å²) in [6.45, 7) is 6.21. The largest absolute Gasteiger partial charge is 0.325 e. The number of thioether (sulfide) groups is 1. The fourth-order valence-corrected chi connectivity index (χ4v) is 5.49. The van der Waals surface area contributed by atoms with E-state index in [-0.39, 0.29) is 11.2 Å². The zero-order valence-electron chi connectivity index (χ0n) is 17.9. The van der Waals surface area contributed by atoms with Crippen molar-refractivity contribution in [2.45, 2.75) is 43.9 Å². The van der Waals surface area contributed by atoms with Gasteiger partial charge in [-0.1, -0.05) is 62.0 Å². The van der Waals surface area contributed by atoms with Crippen LogP contribution in [0.3, 0.4) is 0 Å². The topological polar surface area (TPSA) is 54.9 Å². The first kappa shape index (κ1) is 21.5. The van der Waals surface area contributed by atoms with Crippen LogP contribution >= 0.6 is 23.1 Å². The molecule has 31 heavy (non-hydrogen) atoms. The lowest BCUT2D eigenvalue weighted by molar-refractivity contribution is -0.115. The van der Waals surface area contributed by atoms with Crippen LogP contribution in [0.25, 0.3) is 21.3 Å². The molecule has 0 radical (unpaired) electrons. The van der Waals surface area contributed by atoms with Gasteiger partial charge in [0.25, 0.3) is 0 Å². The van der Waals surface area contributed by atoms with Crippen molar-refractivity contribution in [3.05, 3.63) is 71.4 Å². The monoisotopic (exact) mass is 447 g/mol. The van der Waals surface area contributed by atoms with Gasteiger partial charge in [-0.3, -0.25) is 4.79 Å². The highest BCUT2D eigenvalue weighted by Gasteiger charge is 2.22. The number of carbonyl (C=O) groups excluding carboxylic acids is 1. The molecule has 0 aliphatic rings. The number of rotatable bonds is 7. The van der Waals surface area contributed by atoms with E-state index in [4.69, 9.17) is 0 Å². The fourth-order valence-electron chi connectivity index (χ4n) is 3.47. The quantitative estimate of drug-likeness (QED) is 0.252. The van der Waals surface area contributed by atoms with Gasteiger partial charge in [-0.05, 0) is 48.6 Å². The van der Waals surface area contributed by atoms with Gasteiger partial charge in [0.05, 0.1) is 10.6 Å². The van der Waals surface area contributed by atoms with Gasteiger partial charge in [0.2, 0.25) is 5.91 Å². The van der Waals surface area contributed by atoms with E-state index in [2.05, 4.69) is 51.9 Å². The van der Waals surface area contributed by atoms with Crippen LogP contribution in [0, 0.1) is 6.92 Å². The molecule has 0 saturated carbocycles. The minimum Gasteiger partial charge on any atom is -0.325 e. The number of benzene rings is 2. The van der Waals surface area contributed by atoms with Crippen molar-refractivity contribution in [1.29, 1.82) is 0 Å². The van der Waals surface area contributed by atoms with Crippen molar-refractivity contribution in [3.63, 3.8) is 0 Å². The molecule has 6 heteroatoms. The van der Waals surface area contributed by atoms with Crippen LogP contribution in [0.15, 0.2) is 65.3 Å². The second kappa shape index (κ2) is 9.62. The standard InChI is InChI=1S/C25H25N3OS2/c1-4-17-9-11-18(12-10-17)20-14-30-24-22(20)25(27-15-26-24)31-21(5-2)23(29)28-19-8-6-7-16(3)13-19/h6-15,21H,4-5H2,1-3H3,(H,28,29). The lowest BCUT2D eigenvalue weighted by atomic mass is 10.0. The van der Waals surface area contributed by atoms with E-state index in [0.29, 0.717) is 6.42 Å². The number of amides is 1. The Labute approximate surface area is 191 Å². The minimum absolute atomic E-state index is 0.00561. The summed E-state index contributed by atoms with van der Waals surface area (Å²) in [5, 5.41) is 6.83. The van der Waals surface area contributed by atoms with E-state index < -0.39 is 0 Å². The van der Waals surface area contributed by atoms with Crippen molar-refractivity contribution >= 4 is 44.9 Å². The van der Waals surface area contributed by atoms with Crippen LogP contribution in [-0.4, -0.2) is 21.1 Å². The van der Waals surface area contributed by atoms with Crippen molar-refractivity contribution in [2.75, 3.05) is 5.32 Å². The second-order valence-electron chi connectivity index (χ2n) is 7.43. The highest BCUT2D eigenvalue weighted by Crippen LogP contribution is 2.39. The van der Waals surface area contributed by atoms with E-state index in [1.807, 2.05) is 38.1 Å². The van der Waals surface area contributed by atoms with Gasteiger partial charge >= 0.3 is 0 Å². The van der Waals surface area contributed by atoms with E-state index in [1.54, 1.807) is 17.7 Å². The molecule has 0 spiro atoms. The van der Waals surface area contributed by atoms with Gasteiger partial charge in [0.15, 0.2) is 0 Å². The average molecular weight is 448 g/mol. The van der Waals surface area contributed by atoms with Crippen molar-refractivity contribution < 1.29 is 4.79 Å². The molecule has 4 nitrogen and oxygen atoms in total. The van der Waals surface area contributed by atoms with Crippen LogP contribution < -0.4 is 5.32 Å². The van der Waals surface area contributed by atoms with Gasteiger partial charge in [0, 0.05) is 16.6 Å². The third-order valence-corrected chi connectivity index (χ3v) is 7.46. The van der Waals surface area contributed by atoms with Crippen LogP contribution in [0.5, 0.6) is 0 Å². The third kappa shape index (κ3) is 4.81. The predicted octanol–water partition coefficient (Wildman–Crippen LogP) is 6.74. The molecule has 1 atom stereocenters. The summed E-state index contributed by atoms with van der Waals surface area (Å²) >= 11 is 3.13. The maximum Gasteiger partial charge on any atom is 0.237 e. The first-order chi connectivity index (χ1) is 15.1. The van der Waals surface area contributed by atoms with Gasteiger partial charge in [-0.2, -0.15) is 0 Å². The molecule has 2 heterocycles. The summed E-state index contributed by atoms with van der Waals surface area (Å²) < 4.78 is 0. The van der Waals surface area contributed by atoms with Gasteiger partial charge < -0.3 is 5.32 Å². The Morgan fingerprint density at radius 2 is 1.94 bits per heavy atom. The molecule has 0 bridgehead atoms. The Kier molecular flexibility index (Phi) is 6.68. The number of aryl methyl sites for hydroxylation is 2. The Bertz CT molecular complexity index is 1200. The Hall–Kier alpha value is -2.70. The minimum atomic E-state index is -0.242. The molecule has 2 aromatic heterocycles. The highest BCUT2D eigenvalue weighted by atomic mass is 32.2. The van der Waals surface area contributed by atoms with E-state index in [1.165, 1.54) is 17.3 Å². The molecule has 1 unspecified atom stereocenters. The number of nitrogens with zero attached hydrogens (tertiary/aromatic N) is 2. The highest BCUT2D eigenvalue weighted by molar-refractivity contribution is 8.00. The summed E-state index contributed by atoms with van der Waals surface area (Å²) in [4.78, 5) is 23.0. The fraction of sp³-hybridized carbons (Fsp3) is 0.240.